The van der Waals surface area contributed by atoms with E-state index in [9.17, 15) is 4.79 Å². The van der Waals surface area contributed by atoms with Crippen molar-refractivity contribution in [2.24, 2.45) is 12.0 Å². The molecule has 1 aromatic carbocycles. The molecule has 0 atom stereocenters. The van der Waals surface area contributed by atoms with Gasteiger partial charge in [0.15, 0.2) is 5.96 Å². The van der Waals surface area contributed by atoms with Crippen LogP contribution in [0.2, 0.25) is 0 Å². The van der Waals surface area contributed by atoms with Crippen LogP contribution in [0.5, 0.6) is 0 Å². The van der Waals surface area contributed by atoms with E-state index >= 15 is 0 Å². The molecule has 2 aromatic rings. The van der Waals surface area contributed by atoms with E-state index in [1.165, 1.54) is 11.1 Å². The van der Waals surface area contributed by atoms with Crippen LogP contribution in [0.15, 0.2) is 35.5 Å². The SMILES string of the molecule is CN=C(NCC(=O)N1CCCc2ccccc21)N(C)Cc1cn(C)nc1C(C)C.I. The number of para-hydroxylation sites is 1. The van der Waals surface area contributed by atoms with Crippen LogP contribution in [0, 0.1) is 0 Å². The second-order valence-corrected chi connectivity index (χ2v) is 7.90. The average Bonchev–Trinajstić information content (AvgIpc) is 3.08. The summed E-state index contributed by atoms with van der Waals surface area (Å²) in [5, 5.41) is 7.80. The molecule has 2 heterocycles. The molecule has 0 bridgehead atoms. The first kappa shape index (κ1) is 24.2. The van der Waals surface area contributed by atoms with Crippen molar-refractivity contribution in [3.05, 3.63) is 47.3 Å². The Hall–Kier alpha value is -2.10. The minimum Gasteiger partial charge on any atom is -0.347 e. The van der Waals surface area contributed by atoms with Gasteiger partial charge in [-0.15, -0.1) is 24.0 Å². The van der Waals surface area contributed by atoms with Crippen molar-refractivity contribution in [3.8, 4) is 0 Å². The largest absolute Gasteiger partial charge is 0.347 e. The molecular formula is C22H33IN6O. The minimum absolute atomic E-state index is 0. The van der Waals surface area contributed by atoms with E-state index in [-0.39, 0.29) is 36.4 Å². The zero-order valence-electron chi connectivity index (χ0n) is 18.6. The van der Waals surface area contributed by atoms with Gasteiger partial charge < -0.3 is 15.1 Å². The predicted octanol–water partition coefficient (Wildman–Crippen LogP) is 3.15. The van der Waals surface area contributed by atoms with Crippen molar-refractivity contribution >= 4 is 41.5 Å². The normalized spacial score (nSPS) is 13.7. The van der Waals surface area contributed by atoms with Crippen molar-refractivity contribution in [1.29, 1.82) is 0 Å². The van der Waals surface area contributed by atoms with E-state index in [0.29, 0.717) is 18.4 Å². The number of carbonyl (C=O) groups is 1. The highest BCUT2D eigenvalue weighted by Crippen LogP contribution is 2.26. The molecule has 0 spiro atoms. The number of benzene rings is 1. The summed E-state index contributed by atoms with van der Waals surface area (Å²) in [6.45, 7) is 5.96. The number of rotatable bonds is 5. The molecule has 1 aliphatic heterocycles. The molecule has 8 heteroatoms. The molecule has 0 saturated carbocycles. The van der Waals surface area contributed by atoms with Crippen molar-refractivity contribution in [2.45, 2.75) is 39.2 Å². The summed E-state index contributed by atoms with van der Waals surface area (Å²) >= 11 is 0. The summed E-state index contributed by atoms with van der Waals surface area (Å²) in [7, 11) is 5.66. The Morgan fingerprint density at radius 3 is 2.77 bits per heavy atom. The molecule has 0 unspecified atom stereocenters. The third-order valence-electron chi connectivity index (χ3n) is 5.27. The molecule has 1 aromatic heterocycles. The Kier molecular flexibility index (Phi) is 8.69. The van der Waals surface area contributed by atoms with Gasteiger partial charge in [-0.3, -0.25) is 14.5 Å². The lowest BCUT2D eigenvalue weighted by Gasteiger charge is -2.30. The number of amides is 1. The van der Waals surface area contributed by atoms with Crippen LogP contribution in [-0.4, -0.2) is 53.7 Å². The number of anilines is 1. The molecule has 0 radical (unpaired) electrons. The van der Waals surface area contributed by atoms with Crippen molar-refractivity contribution in [1.82, 2.24) is 20.0 Å². The molecule has 0 aliphatic carbocycles. The van der Waals surface area contributed by atoms with E-state index in [2.05, 4.69) is 41.5 Å². The fourth-order valence-corrected chi connectivity index (χ4v) is 3.92. The van der Waals surface area contributed by atoms with E-state index in [0.717, 1.165) is 30.8 Å². The maximum atomic E-state index is 12.9. The number of hydrogen-bond acceptors (Lipinski definition) is 3. The number of nitrogens with one attached hydrogen (secondary N) is 1. The Bertz CT molecular complexity index is 892. The number of aliphatic imine (C=N–C) groups is 1. The number of aryl methyl sites for hydroxylation is 2. The Morgan fingerprint density at radius 2 is 2.07 bits per heavy atom. The lowest BCUT2D eigenvalue weighted by atomic mass is 10.0. The van der Waals surface area contributed by atoms with Gasteiger partial charge in [0, 0.05) is 51.7 Å². The van der Waals surface area contributed by atoms with Crippen LogP contribution >= 0.6 is 24.0 Å². The number of hydrogen-bond donors (Lipinski definition) is 1. The van der Waals surface area contributed by atoms with E-state index < -0.39 is 0 Å². The van der Waals surface area contributed by atoms with Gasteiger partial charge in [-0.2, -0.15) is 5.10 Å². The van der Waals surface area contributed by atoms with Crippen LogP contribution in [0.3, 0.4) is 0 Å². The van der Waals surface area contributed by atoms with E-state index in [4.69, 9.17) is 0 Å². The molecule has 1 aliphatic rings. The molecule has 1 amide bonds. The van der Waals surface area contributed by atoms with E-state index in [1.54, 1.807) is 7.05 Å². The lowest BCUT2D eigenvalue weighted by Crippen LogP contribution is -2.46. The third kappa shape index (κ3) is 5.53. The quantitative estimate of drug-likeness (QED) is 0.371. The first-order valence-corrected chi connectivity index (χ1v) is 10.2. The number of nitrogens with zero attached hydrogens (tertiary/aromatic N) is 5. The summed E-state index contributed by atoms with van der Waals surface area (Å²) in [5.41, 5.74) is 4.54. The first-order chi connectivity index (χ1) is 13.9. The van der Waals surface area contributed by atoms with Gasteiger partial charge in [-0.05, 0) is 30.4 Å². The Morgan fingerprint density at radius 1 is 1.33 bits per heavy atom. The maximum Gasteiger partial charge on any atom is 0.246 e. The topological polar surface area (TPSA) is 65.8 Å². The number of guanidine groups is 1. The van der Waals surface area contributed by atoms with Gasteiger partial charge >= 0.3 is 0 Å². The first-order valence-electron chi connectivity index (χ1n) is 10.2. The highest BCUT2D eigenvalue weighted by atomic mass is 127. The van der Waals surface area contributed by atoms with Gasteiger partial charge in [-0.1, -0.05) is 32.0 Å². The standard InChI is InChI=1S/C22H32N6O.HI/c1-16(2)21-18(15-27(5)25-21)14-26(4)22(23-3)24-13-20(29)28-12-8-10-17-9-6-7-11-19(17)28;/h6-7,9,11,15-16H,8,10,12-14H2,1-5H3,(H,23,24);1H. The molecule has 1 N–H and O–H groups in total. The van der Waals surface area contributed by atoms with Gasteiger partial charge in [0.2, 0.25) is 5.91 Å². The zero-order valence-corrected chi connectivity index (χ0v) is 20.9. The van der Waals surface area contributed by atoms with Gasteiger partial charge in [0.25, 0.3) is 0 Å². The molecule has 3 rings (SSSR count). The van der Waals surface area contributed by atoms with Gasteiger partial charge in [0.05, 0.1) is 12.2 Å². The van der Waals surface area contributed by atoms with Gasteiger partial charge in [-0.25, -0.2) is 0 Å². The predicted molar refractivity (Wildman–Crippen MR) is 133 cm³/mol. The molecular weight excluding hydrogens is 491 g/mol. The van der Waals surface area contributed by atoms with Crippen LogP contribution in [0.4, 0.5) is 5.69 Å². The average molecular weight is 524 g/mol. The minimum atomic E-state index is 0. The van der Waals surface area contributed by atoms with Gasteiger partial charge in [0.1, 0.15) is 0 Å². The fraction of sp³-hybridized carbons (Fsp3) is 0.500. The molecule has 0 fully saturated rings. The highest BCUT2D eigenvalue weighted by Gasteiger charge is 2.22. The fourth-order valence-electron chi connectivity index (χ4n) is 3.92. The molecule has 164 valence electrons. The molecule has 30 heavy (non-hydrogen) atoms. The van der Waals surface area contributed by atoms with Crippen LogP contribution in [0.1, 0.15) is 43.0 Å². The number of halogens is 1. The third-order valence-corrected chi connectivity index (χ3v) is 5.27. The maximum absolute atomic E-state index is 12.9. The lowest BCUT2D eigenvalue weighted by molar-refractivity contribution is -0.117. The highest BCUT2D eigenvalue weighted by molar-refractivity contribution is 14.0. The summed E-state index contributed by atoms with van der Waals surface area (Å²) in [4.78, 5) is 21.2. The van der Waals surface area contributed by atoms with Crippen molar-refractivity contribution in [2.75, 3.05) is 32.1 Å². The van der Waals surface area contributed by atoms with Crippen LogP contribution < -0.4 is 10.2 Å². The van der Waals surface area contributed by atoms with Crippen molar-refractivity contribution < 1.29 is 4.79 Å². The number of fused-ring (bicyclic) bond motifs is 1. The molecule has 7 nitrogen and oxygen atoms in total. The number of aromatic nitrogens is 2. The molecule has 0 saturated heterocycles. The summed E-state index contributed by atoms with van der Waals surface area (Å²) in [6.07, 6.45) is 4.08. The second kappa shape index (κ2) is 10.8. The summed E-state index contributed by atoms with van der Waals surface area (Å²) in [6, 6.07) is 8.16. The zero-order chi connectivity index (χ0) is 21.0. The smallest absolute Gasteiger partial charge is 0.246 e. The second-order valence-electron chi connectivity index (χ2n) is 7.90. The Labute approximate surface area is 196 Å². The van der Waals surface area contributed by atoms with Crippen molar-refractivity contribution in [3.63, 3.8) is 0 Å². The number of carbonyl (C=O) groups excluding carboxylic acids is 1. The van der Waals surface area contributed by atoms with E-state index in [1.807, 2.05) is 46.8 Å². The Balaban J connectivity index is 0.00000320. The van der Waals surface area contributed by atoms with Crippen LogP contribution in [-0.2, 0) is 24.8 Å². The van der Waals surface area contributed by atoms with Crippen LogP contribution in [0.25, 0.3) is 0 Å². The summed E-state index contributed by atoms with van der Waals surface area (Å²) < 4.78 is 1.85. The summed E-state index contributed by atoms with van der Waals surface area (Å²) in [5.74, 6) is 1.12. The monoisotopic (exact) mass is 524 g/mol.